The molecule has 1 aromatic carbocycles. The molecule has 494 valence electrons. The van der Waals surface area contributed by atoms with Crippen molar-refractivity contribution in [3.63, 3.8) is 0 Å². The van der Waals surface area contributed by atoms with E-state index in [0.717, 1.165) is 83.1 Å². The minimum Gasteiger partial charge on any atom is -0.465 e. The van der Waals surface area contributed by atoms with Crippen molar-refractivity contribution in [1.82, 2.24) is 4.90 Å². The fraction of sp³-hybridized carbons (Fsp3) is 0.661. The highest BCUT2D eigenvalue weighted by molar-refractivity contribution is 5.71. The molecule has 0 unspecified atom stereocenters. The van der Waals surface area contributed by atoms with Crippen molar-refractivity contribution in [2.45, 2.75) is 194 Å². The third kappa shape index (κ3) is 21.9. The van der Waals surface area contributed by atoms with Crippen molar-refractivity contribution in [3.05, 3.63) is 35.9 Å². The number of esters is 12. The van der Waals surface area contributed by atoms with E-state index in [2.05, 4.69) is 0 Å². The Morgan fingerprint density at radius 3 is 1.02 bits per heavy atom. The minimum absolute atomic E-state index is 0.166. The number of amides is 1. The van der Waals surface area contributed by atoms with Gasteiger partial charge in [-0.2, -0.15) is 0 Å². The van der Waals surface area contributed by atoms with Crippen molar-refractivity contribution >= 4 is 77.7 Å². The van der Waals surface area contributed by atoms with Crippen LogP contribution in [-0.2, 0) is 154 Å². The van der Waals surface area contributed by atoms with Gasteiger partial charge in [-0.05, 0) is 5.56 Å². The Morgan fingerprint density at radius 2 is 0.663 bits per heavy atom. The Kier molecular flexibility index (Phi) is 26.9. The third-order valence-corrected chi connectivity index (χ3v) is 13.1. The first-order valence-corrected chi connectivity index (χ1v) is 27.7. The van der Waals surface area contributed by atoms with Gasteiger partial charge in [0.15, 0.2) is 61.6 Å². The number of carbonyl (C=O) groups excluding carboxylic acids is 13. The van der Waals surface area contributed by atoms with Crippen LogP contribution < -0.4 is 0 Å². The quantitative estimate of drug-likeness (QED) is 0.0991. The topological polar surface area (TPSA) is 401 Å². The Balaban J connectivity index is 1.65. The predicted molar refractivity (Wildman–Crippen MR) is 283 cm³/mol. The Hall–Kier alpha value is -8.11. The van der Waals surface area contributed by atoms with Gasteiger partial charge in [0, 0.05) is 95.5 Å². The molecule has 4 heterocycles. The van der Waals surface area contributed by atoms with Gasteiger partial charge >= 0.3 is 77.7 Å². The standard InChI is InChI=1S/C56H73NO32/c1-25(58)71-21-38-18-57(56(70)75-20-37-16-14-13-15-17-37)19-39(76-29(5)62)43(38)87-53-51(82-35(11)68)48(79-32(8)65)45(41(85-53)23-73-27(3)60)89-55-52(83-36(12)69)49(80-33(9)66)46(42(86-55)24-74-28(4)61)88-54-50(81-34(10)67)47(78-31(7)64)44(77-30(6)63)40(84-54)22-72-26(2)59/h13-17,38-55H,18-24H2,1-12H3/t38-,39-,40-,41-,42-,43-,44-,45-,46-,47+,48+,49+,50-,51-,52-,53+,54+,55+/m1/s1. The number of benzene rings is 1. The first-order chi connectivity index (χ1) is 41.9. The summed E-state index contributed by atoms with van der Waals surface area (Å²) in [5.74, 6) is -13.0. The van der Waals surface area contributed by atoms with Gasteiger partial charge in [-0.15, -0.1) is 0 Å². The number of ether oxygens (including phenoxy) is 19. The van der Waals surface area contributed by atoms with Crippen LogP contribution in [0.25, 0.3) is 0 Å². The van der Waals surface area contributed by atoms with Crippen LogP contribution >= 0.6 is 0 Å². The van der Waals surface area contributed by atoms with Crippen molar-refractivity contribution in [2.24, 2.45) is 5.92 Å². The number of piperidine rings is 1. The van der Waals surface area contributed by atoms with Gasteiger partial charge in [0.2, 0.25) is 0 Å². The van der Waals surface area contributed by atoms with Gasteiger partial charge in [-0.25, -0.2) is 4.79 Å². The first-order valence-electron chi connectivity index (χ1n) is 27.7. The summed E-state index contributed by atoms with van der Waals surface area (Å²) in [7, 11) is 0. The van der Waals surface area contributed by atoms with Gasteiger partial charge < -0.3 is 94.9 Å². The van der Waals surface area contributed by atoms with Crippen LogP contribution in [0.1, 0.15) is 88.6 Å². The summed E-state index contributed by atoms with van der Waals surface area (Å²) < 4.78 is 111. The lowest BCUT2D eigenvalue weighted by molar-refractivity contribution is -0.383. The predicted octanol–water partition coefficient (Wildman–Crippen LogP) is 0.291. The molecule has 4 aliphatic rings. The fourth-order valence-electron chi connectivity index (χ4n) is 9.95. The molecule has 5 rings (SSSR count). The molecule has 0 aliphatic carbocycles. The monoisotopic (exact) mass is 1270 g/mol. The molecule has 18 atom stereocenters. The van der Waals surface area contributed by atoms with Crippen LogP contribution in [0.4, 0.5) is 4.79 Å². The van der Waals surface area contributed by atoms with E-state index in [0.29, 0.717) is 5.56 Å². The van der Waals surface area contributed by atoms with Crippen molar-refractivity contribution in [2.75, 3.05) is 39.5 Å². The summed E-state index contributed by atoms with van der Waals surface area (Å²) >= 11 is 0. The number of hydrogen-bond donors (Lipinski definition) is 0. The average Bonchev–Trinajstić information content (AvgIpc) is 0.886. The molecule has 0 N–H and O–H groups in total. The maximum absolute atomic E-state index is 13.7. The molecule has 1 aromatic rings. The van der Waals surface area contributed by atoms with Gasteiger partial charge in [-0.1, -0.05) is 30.3 Å². The summed E-state index contributed by atoms with van der Waals surface area (Å²) in [4.78, 5) is 169. The maximum atomic E-state index is 13.7. The zero-order valence-corrected chi connectivity index (χ0v) is 50.7. The highest BCUT2D eigenvalue weighted by Gasteiger charge is 2.61. The summed E-state index contributed by atoms with van der Waals surface area (Å²) in [6.45, 7) is 7.94. The van der Waals surface area contributed by atoms with Gasteiger partial charge in [0.1, 0.15) is 69.2 Å². The molecule has 0 saturated carbocycles. The summed E-state index contributed by atoms with van der Waals surface area (Å²) in [6.07, 6.45) is -32.7. The van der Waals surface area contributed by atoms with Crippen LogP contribution in [0, 0.1) is 5.92 Å². The largest absolute Gasteiger partial charge is 0.465 e. The molecule has 0 spiro atoms. The van der Waals surface area contributed by atoms with E-state index in [1.807, 2.05) is 0 Å². The third-order valence-electron chi connectivity index (χ3n) is 13.1. The number of rotatable bonds is 24. The summed E-state index contributed by atoms with van der Waals surface area (Å²) in [5, 5.41) is 0. The van der Waals surface area contributed by atoms with Gasteiger partial charge in [0.05, 0.1) is 13.2 Å². The van der Waals surface area contributed by atoms with Crippen LogP contribution in [0.15, 0.2) is 30.3 Å². The molecule has 4 aliphatic heterocycles. The number of hydrogen-bond acceptors (Lipinski definition) is 32. The zero-order chi connectivity index (χ0) is 66.0. The Labute approximate surface area is 509 Å². The lowest BCUT2D eigenvalue weighted by atomic mass is 9.92. The highest BCUT2D eigenvalue weighted by Crippen LogP contribution is 2.39. The second kappa shape index (κ2) is 33.5. The summed E-state index contributed by atoms with van der Waals surface area (Å²) in [6, 6.07) is 8.64. The molecule has 33 nitrogen and oxygen atoms in total. The smallest absolute Gasteiger partial charge is 0.410 e. The van der Waals surface area contributed by atoms with Crippen molar-refractivity contribution in [1.29, 1.82) is 0 Å². The van der Waals surface area contributed by atoms with E-state index >= 15 is 0 Å². The van der Waals surface area contributed by atoms with Crippen molar-refractivity contribution in [3.8, 4) is 0 Å². The van der Waals surface area contributed by atoms with Gasteiger partial charge in [-0.3, -0.25) is 57.5 Å². The molecule has 0 aromatic heterocycles. The Morgan fingerprint density at radius 1 is 0.348 bits per heavy atom. The minimum atomic E-state index is -2.17. The number of nitrogens with zero attached hydrogens (tertiary/aromatic N) is 1. The van der Waals surface area contributed by atoms with Crippen molar-refractivity contribution < 1.29 is 152 Å². The van der Waals surface area contributed by atoms with E-state index in [1.54, 1.807) is 30.3 Å². The van der Waals surface area contributed by atoms with E-state index in [-0.39, 0.29) is 13.2 Å². The van der Waals surface area contributed by atoms with E-state index in [9.17, 15) is 62.3 Å². The first kappa shape index (κ1) is 71.6. The fourth-order valence-corrected chi connectivity index (χ4v) is 9.95. The zero-order valence-electron chi connectivity index (χ0n) is 50.7. The molecule has 0 radical (unpaired) electrons. The van der Waals surface area contributed by atoms with E-state index in [4.69, 9.17) is 90.0 Å². The molecular formula is C56H73NO32. The molecule has 1 amide bonds. The number of likely N-dealkylation sites (tertiary alicyclic amines) is 1. The second-order valence-corrected chi connectivity index (χ2v) is 20.5. The molecule has 4 saturated heterocycles. The molecule has 4 fully saturated rings. The van der Waals surface area contributed by atoms with Crippen LogP contribution in [0.2, 0.25) is 0 Å². The van der Waals surface area contributed by atoms with Crippen LogP contribution in [0.5, 0.6) is 0 Å². The second-order valence-electron chi connectivity index (χ2n) is 20.5. The SMILES string of the molecule is CC(=O)OC[C@H]1CN(C(=O)OCc2ccccc2)C[C@@H](OC(C)=O)[C@@H]1O[C@@H]1O[C@H](COC(C)=O)[C@@H](O[C@@H]2O[C@H](COC(C)=O)[C@@H](O[C@@H]3O[C@H](COC(C)=O)[C@@H](OC(C)=O)[C@H](OC(C)=O)[C@H]3OC(C)=O)[C@H](OC(C)=O)[C@H]2OC(C)=O)[C@H](OC(C)=O)[C@H]1OC(C)=O. The van der Waals surface area contributed by atoms with Gasteiger partial charge in [0.25, 0.3) is 0 Å². The van der Waals surface area contributed by atoms with E-state index < -0.39 is 221 Å². The maximum Gasteiger partial charge on any atom is 0.410 e. The lowest BCUT2D eigenvalue weighted by Crippen LogP contribution is -2.69. The normalized spacial score (nSPS) is 29.8. The highest BCUT2D eigenvalue weighted by atomic mass is 16.8. The molecular weight excluding hydrogens is 1200 g/mol. The number of carbonyl (C=O) groups is 13. The van der Waals surface area contributed by atoms with E-state index in [1.165, 1.54) is 4.90 Å². The van der Waals surface area contributed by atoms with Crippen LogP contribution in [-0.4, -0.2) is 226 Å². The summed E-state index contributed by atoms with van der Waals surface area (Å²) in [5.41, 5.74) is 0.635. The van der Waals surface area contributed by atoms with Crippen LogP contribution in [0.3, 0.4) is 0 Å². The molecule has 33 heteroatoms. The molecule has 0 bridgehead atoms. The molecule has 89 heavy (non-hydrogen) atoms. The Bertz CT molecular complexity index is 2700. The lowest BCUT2D eigenvalue weighted by Gasteiger charge is -2.51. The average molecular weight is 1270 g/mol.